The Morgan fingerprint density at radius 1 is 1.14 bits per heavy atom. The number of sulfonamides is 1. The Balaban J connectivity index is 1.73. The van der Waals surface area contributed by atoms with Crippen molar-refractivity contribution in [3.8, 4) is 0 Å². The van der Waals surface area contributed by atoms with Crippen LogP contribution in [-0.4, -0.2) is 46.2 Å². The summed E-state index contributed by atoms with van der Waals surface area (Å²) >= 11 is 0. The number of hydrogen-bond donors (Lipinski definition) is 0. The minimum Gasteiger partial charge on any atom is -0.449 e. The Morgan fingerprint density at radius 2 is 1.83 bits per heavy atom. The Hall–Kier alpha value is -2.87. The normalized spacial score (nSPS) is 14.7. The third-order valence-electron chi connectivity index (χ3n) is 4.90. The van der Waals surface area contributed by atoms with Crippen molar-refractivity contribution in [2.24, 2.45) is 0 Å². The molecule has 0 saturated heterocycles. The molecule has 1 amide bonds. The van der Waals surface area contributed by atoms with E-state index in [9.17, 15) is 18.0 Å². The Bertz CT molecular complexity index is 1020. The minimum atomic E-state index is -3.37. The summed E-state index contributed by atoms with van der Waals surface area (Å²) in [6.07, 6.45) is 1.56. The number of anilines is 2. The number of esters is 1. The van der Waals surface area contributed by atoms with Crippen molar-refractivity contribution in [2.45, 2.75) is 25.9 Å². The van der Waals surface area contributed by atoms with Crippen LogP contribution in [0, 0.1) is 0 Å². The predicted molar refractivity (Wildman–Crippen MR) is 112 cm³/mol. The fourth-order valence-corrected chi connectivity index (χ4v) is 4.36. The summed E-state index contributed by atoms with van der Waals surface area (Å²) in [6.45, 7) is 1.95. The average Bonchev–Trinajstić information content (AvgIpc) is 2.71. The van der Waals surface area contributed by atoms with Crippen LogP contribution in [0.2, 0.25) is 0 Å². The molecule has 7 nitrogen and oxygen atoms in total. The number of rotatable bonds is 5. The zero-order valence-corrected chi connectivity index (χ0v) is 17.5. The molecule has 29 heavy (non-hydrogen) atoms. The first-order chi connectivity index (χ1) is 13.7. The number of likely N-dealkylation sites (N-methyl/N-ethyl adjacent to an activating group) is 1. The van der Waals surface area contributed by atoms with Gasteiger partial charge in [0, 0.05) is 19.3 Å². The number of carbonyl (C=O) groups excluding carboxylic acids is 2. The first-order valence-electron chi connectivity index (χ1n) is 9.32. The molecular weight excluding hydrogens is 392 g/mol. The highest BCUT2D eigenvalue weighted by Crippen LogP contribution is 2.30. The van der Waals surface area contributed by atoms with Gasteiger partial charge in [-0.1, -0.05) is 18.2 Å². The fraction of sp³-hybridized carbons (Fsp3) is 0.333. The van der Waals surface area contributed by atoms with Crippen LogP contribution in [0.25, 0.3) is 0 Å². The Labute approximate surface area is 170 Å². The van der Waals surface area contributed by atoms with Crippen LogP contribution in [0.5, 0.6) is 0 Å². The highest BCUT2D eigenvalue weighted by molar-refractivity contribution is 7.92. The maximum atomic E-state index is 12.6. The summed E-state index contributed by atoms with van der Waals surface area (Å²) in [5, 5.41) is 0. The minimum absolute atomic E-state index is 0.293. The number of amides is 1. The molecule has 8 heteroatoms. The third kappa shape index (κ3) is 4.59. The van der Waals surface area contributed by atoms with Crippen LogP contribution in [-0.2, 0) is 26.0 Å². The van der Waals surface area contributed by atoms with Gasteiger partial charge in [0.1, 0.15) is 0 Å². The van der Waals surface area contributed by atoms with Crippen molar-refractivity contribution in [3.05, 3.63) is 59.7 Å². The number of hydrogen-bond acceptors (Lipinski definition) is 5. The van der Waals surface area contributed by atoms with Crippen LogP contribution in [0.3, 0.4) is 0 Å². The summed E-state index contributed by atoms with van der Waals surface area (Å²) in [4.78, 5) is 26.6. The lowest BCUT2D eigenvalue weighted by Crippen LogP contribution is -2.37. The zero-order chi connectivity index (χ0) is 21.2. The summed E-state index contributed by atoms with van der Waals surface area (Å²) in [5.41, 5.74) is 2.36. The van der Waals surface area contributed by atoms with Gasteiger partial charge in [-0.25, -0.2) is 13.2 Å². The number of ether oxygens (including phenoxy) is 1. The standard InChI is InChI=1S/C21H24N2O5S/c1-15(20(24)22(2)18-9-5-4-6-10-18)28-21(25)17-11-12-19-16(14-17)8-7-13-23(19)29(3,26)27/h4-6,9-12,14-15H,7-8,13H2,1-3H3/t15-/m0/s1. The molecule has 2 aromatic carbocycles. The van der Waals surface area contributed by atoms with Crippen LogP contribution < -0.4 is 9.21 Å². The van der Waals surface area contributed by atoms with Gasteiger partial charge < -0.3 is 9.64 Å². The molecular formula is C21H24N2O5S. The maximum Gasteiger partial charge on any atom is 0.338 e. The topological polar surface area (TPSA) is 84.0 Å². The van der Waals surface area contributed by atoms with Crippen molar-refractivity contribution in [1.29, 1.82) is 0 Å². The third-order valence-corrected chi connectivity index (χ3v) is 6.08. The Morgan fingerprint density at radius 3 is 2.48 bits per heavy atom. The first-order valence-corrected chi connectivity index (χ1v) is 11.2. The lowest BCUT2D eigenvalue weighted by Gasteiger charge is -2.29. The lowest BCUT2D eigenvalue weighted by molar-refractivity contribution is -0.126. The van der Waals surface area contributed by atoms with E-state index in [-0.39, 0.29) is 5.91 Å². The first kappa shape index (κ1) is 20.9. The molecule has 3 rings (SSSR count). The van der Waals surface area contributed by atoms with Crippen molar-refractivity contribution in [2.75, 3.05) is 29.1 Å². The highest BCUT2D eigenvalue weighted by atomic mass is 32.2. The summed E-state index contributed by atoms with van der Waals surface area (Å²) in [7, 11) is -1.75. The fourth-order valence-electron chi connectivity index (χ4n) is 3.36. The molecule has 0 fully saturated rings. The molecule has 154 valence electrons. The van der Waals surface area contributed by atoms with Crippen LogP contribution in [0.15, 0.2) is 48.5 Å². The second-order valence-electron chi connectivity index (χ2n) is 7.06. The summed E-state index contributed by atoms with van der Waals surface area (Å²) < 4.78 is 30.6. The number of carbonyl (C=O) groups is 2. The van der Waals surface area contributed by atoms with Gasteiger partial charge >= 0.3 is 5.97 Å². The number of nitrogens with zero attached hydrogens (tertiary/aromatic N) is 2. The molecule has 0 bridgehead atoms. The number of fused-ring (bicyclic) bond motifs is 1. The second kappa shape index (κ2) is 8.24. The Kier molecular flexibility index (Phi) is 5.93. The number of aryl methyl sites for hydroxylation is 1. The predicted octanol–water partition coefficient (Wildman–Crippen LogP) is 2.61. The molecule has 1 aliphatic heterocycles. The number of para-hydroxylation sites is 1. The molecule has 0 aliphatic carbocycles. The van der Waals surface area contributed by atoms with Gasteiger partial charge in [-0.15, -0.1) is 0 Å². The SMILES string of the molecule is C[C@H](OC(=O)c1ccc2c(c1)CCCN2S(C)(=O)=O)C(=O)N(C)c1ccccc1. The zero-order valence-electron chi connectivity index (χ0n) is 16.7. The monoisotopic (exact) mass is 416 g/mol. The van der Waals surface area contributed by atoms with E-state index in [1.807, 2.05) is 18.2 Å². The summed E-state index contributed by atoms with van der Waals surface area (Å²) in [6, 6.07) is 13.9. The van der Waals surface area contributed by atoms with E-state index in [1.165, 1.54) is 28.5 Å². The van der Waals surface area contributed by atoms with Gasteiger partial charge in [-0.3, -0.25) is 9.10 Å². The van der Waals surface area contributed by atoms with Gasteiger partial charge in [0.05, 0.1) is 17.5 Å². The van der Waals surface area contributed by atoms with Crippen molar-refractivity contribution >= 4 is 33.3 Å². The lowest BCUT2D eigenvalue weighted by atomic mass is 10.0. The second-order valence-corrected chi connectivity index (χ2v) is 8.97. The van der Waals surface area contributed by atoms with Crippen LogP contribution in [0.4, 0.5) is 11.4 Å². The maximum absolute atomic E-state index is 12.6. The van der Waals surface area contributed by atoms with Gasteiger partial charge in [0.2, 0.25) is 10.0 Å². The smallest absolute Gasteiger partial charge is 0.338 e. The van der Waals surface area contributed by atoms with Gasteiger partial charge in [0.15, 0.2) is 6.10 Å². The van der Waals surface area contributed by atoms with Gasteiger partial charge in [-0.2, -0.15) is 0 Å². The molecule has 1 heterocycles. The molecule has 0 aromatic heterocycles. The molecule has 0 saturated carbocycles. The molecule has 2 aromatic rings. The van der Waals surface area contributed by atoms with Gasteiger partial charge in [0.25, 0.3) is 5.91 Å². The van der Waals surface area contributed by atoms with Gasteiger partial charge in [-0.05, 0) is 55.7 Å². The average molecular weight is 416 g/mol. The molecule has 0 N–H and O–H groups in total. The summed E-state index contributed by atoms with van der Waals surface area (Å²) in [5.74, 6) is -0.961. The van der Waals surface area contributed by atoms with E-state index in [2.05, 4.69) is 0 Å². The van der Waals surface area contributed by atoms with Crippen LogP contribution in [0.1, 0.15) is 29.3 Å². The molecule has 0 radical (unpaired) electrons. The van der Waals surface area contributed by atoms with E-state index in [0.717, 1.165) is 5.56 Å². The molecule has 0 unspecified atom stereocenters. The van der Waals surface area contributed by atoms with Crippen molar-refractivity contribution in [1.82, 2.24) is 0 Å². The quantitative estimate of drug-likeness (QED) is 0.700. The largest absolute Gasteiger partial charge is 0.449 e. The van der Waals surface area contributed by atoms with Crippen molar-refractivity contribution < 1.29 is 22.7 Å². The van der Waals surface area contributed by atoms with E-state index < -0.39 is 22.1 Å². The molecule has 1 atom stereocenters. The van der Waals surface area contributed by atoms with E-state index in [0.29, 0.717) is 36.3 Å². The highest BCUT2D eigenvalue weighted by Gasteiger charge is 2.27. The van der Waals surface area contributed by atoms with E-state index in [1.54, 1.807) is 31.3 Å². The van der Waals surface area contributed by atoms with Crippen LogP contribution >= 0.6 is 0 Å². The van der Waals surface area contributed by atoms with E-state index >= 15 is 0 Å². The molecule has 1 aliphatic rings. The van der Waals surface area contributed by atoms with Crippen molar-refractivity contribution in [3.63, 3.8) is 0 Å². The molecule has 0 spiro atoms. The number of benzene rings is 2. The van der Waals surface area contributed by atoms with E-state index in [4.69, 9.17) is 4.74 Å².